The number of nitrogen functional groups attached to an aromatic ring is 1. The maximum atomic E-state index is 14.6. The van der Waals surface area contributed by atoms with E-state index in [-0.39, 0.29) is 11.3 Å². The number of halogens is 2. The van der Waals surface area contributed by atoms with E-state index in [1.165, 1.54) is 12.3 Å². The molecule has 0 saturated carbocycles. The number of hydrogen-bond donors (Lipinski definition) is 3. The molecule has 0 aliphatic carbocycles. The van der Waals surface area contributed by atoms with Gasteiger partial charge in [0, 0.05) is 32.4 Å². The van der Waals surface area contributed by atoms with Crippen molar-refractivity contribution in [3.63, 3.8) is 0 Å². The number of fused-ring (bicyclic) bond motifs is 2. The van der Waals surface area contributed by atoms with Crippen LogP contribution < -0.4 is 11.3 Å². The molecule has 4 aromatic rings. The largest absolute Gasteiger partial charge is 0.394 e. The third-order valence-electron chi connectivity index (χ3n) is 3.84. The van der Waals surface area contributed by atoms with Crippen molar-refractivity contribution in [1.82, 2.24) is 15.2 Å². The van der Waals surface area contributed by atoms with E-state index in [9.17, 15) is 9.18 Å². The molecule has 0 radical (unpaired) electrons. The van der Waals surface area contributed by atoms with Gasteiger partial charge in [-0.15, -0.1) is 0 Å². The van der Waals surface area contributed by atoms with Crippen LogP contribution in [0.2, 0.25) is 5.02 Å². The topological polar surface area (TPSA) is 87.6 Å². The number of nitrogens with zero attached hydrogens (tertiary/aromatic N) is 1. The van der Waals surface area contributed by atoms with Crippen LogP contribution >= 0.6 is 11.6 Å². The maximum Gasteiger partial charge on any atom is 0.272 e. The smallest absolute Gasteiger partial charge is 0.272 e. The molecule has 0 atom stereocenters. The summed E-state index contributed by atoms with van der Waals surface area (Å²) in [5, 5.41) is 8.29. The van der Waals surface area contributed by atoms with E-state index in [4.69, 9.17) is 17.3 Å². The molecule has 23 heavy (non-hydrogen) atoms. The van der Waals surface area contributed by atoms with E-state index in [1.807, 2.05) is 0 Å². The predicted molar refractivity (Wildman–Crippen MR) is 89.0 cm³/mol. The van der Waals surface area contributed by atoms with Gasteiger partial charge < -0.3 is 10.7 Å². The van der Waals surface area contributed by atoms with Crippen LogP contribution in [0.15, 0.2) is 41.3 Å². The van der Waals surface area contributed by atoms with Crippen LogP contribution in [0.3, 0.4) is 0 Å². The zero-order chi connectivity index (χ0) is 16.1. The zero-order valence-corrected chi connectivity index (χ0v) is 12.4. The number of aromatic nitrogens is 3. The van der Waals surface area contributed by atoms with Crippen molar-refractivity contribution in [2.24, 2.45) is 0 Å². The standard InChI is InChI=1S/C16H10ClFN4O/c17-7-1-3-11-8(5-7)14(15(19)16(23)21-11)13-9-6-20-22-12(9)4-2-10(13)18/h1-6H,19H2,(H,20,22)(H,21,23). The Labute approximate surface area is 133 Å². The number of aromatic amines is 2. The number of pyridine rings is 1. The summed E-state index contributed by atoms with van der Waals surface area (Å²) in [5.74, 6) is -0.488. The molecule has 0 unspecified atom stereocenters. The van der Waals surface area contributed by atoms with Crippen molar-refractivity contribution >= 4 is 39.1 Å². The highest BCUT2D eigenvalue weighted by molar-refractivity contribution is 6.31. The van der Waals surface area contributed by atoms with Gasteiger partial charge >= 0.3 is 0 Å². The van der Waals surface area contributed by atoms with Crippen LogP contribution in [0.4, 0.5) is 10.1 Å². The van der Waals surface area contributed by atoms with Gasteiger partial charge in [0.25, 0.3) is 5.56 Å². The summed E-state index contributed by atoms with van der Waals surface area (Å²) in [7, 11) is 0. The molecule has 4 N–H and O–H groups in total. The quantitative estimate of drug-likeness (QED) is 0.500. The van der Waals surface area contributed by atoms with Gasteiger partial charge in [0.05, 0.1) is 11.7 Å². The van der Waals surface area contributed by atoms with Crippen molar-refractivity contribution in [3.8, 4) is 11.1 Å². The van der Waals surface area contributed by atoms with Gasteiger partial charge in [-0.25, -0.2) is 4.39 Å². The second-order valence-electron chi connectivity index (χ2n) is 5.19. The number of hydrogen-bond acceptors (Lipinski definition) is 3. The normalized spacial score (nSPS) is 11.4. The van der Waals surface area contributed by atoms with E-state index >= 15 is 0 Å². The third-order valence-corrected chi connectivity index (χ3v) is 4.07. The highest BCUT2D eigenvalue weighted by Crippen LogP contribution is 2.37. The lowest BCUT2D eigenvalue weighted by Gasteiger charge is -2.12. The van der Waals surface area contributed by atoms with Crippen LogP contribution in [0.1, 0.15) is 0 Å². The lowest BCUT2D eigenvalue weighted by Crippen LogP contribution is -2.13. The van der Waals surface area contributed by atoms with E-state index in [1.54, 1.807) is 24.3 Å². The average Bonchev–Trinajstić information content (AvgIpc) is 2.99. The van der Waals surface area contributed by atoms with E-state index in [2.05, 4.69) is 15.2 Å². The lowest BCUT2D eigenvalue weighted by molar-refractivity contribution is 0.633. The van der Waals surface area contributed by atoms with E-state index < -0.39 is 11.4 Å². The molecule has 0 amide bonds. The summed E-state index contributed by atoms with van der Waals surface area (Å²) in [5.41, 5.74) is 7.16. The first-order valence-electron chi connectivity index (χ1n) is 6.79. The molecule has 0 fully saturated rings. The Kier molecular flexibility index (Phi) is 2.89. The molecule has 2 heterocycles. The molecule has 0 bridgehead atoms. The molecule has 0 aliphatic heterocycles. The first-order chi connectivity index (χ1) is 11.1. The minimum absolute atomic E-state index is 0.0626. The number of benzene rings is 2. The first-order valence-corrected chi connectivity index (χ1v) is 7.17. The van der Waals surface area contributed by atoms with Gasteiger partial charge in [-0.1, -0.05) is 11.6 Å². The van der Waals surface area contributed by atoms with Crippen LogP contribution in [0.25, 0.3) is 32.9 Å². The van der Waals surface area contributed by atoms with E-state index in [0.29, 0.717) is 32.4 Å². The fourth-order valence-corrected chi connectivity index (χ4v) is 2.97. The molecule has 0 saturated heterocycles. The molecule has 2 aromatic heterocycles. The van der Waals surface area contributed by atoms with Crippen molar-refractivity contribution < 1.29 is 4.39 Å². The zero-order valence-electron chi connectivity index (χ0n) is 11.7. The highest BCUT2D eigenvalue weighted by Gasteiger charge is 2.19. The highest BCUT2D eigenvalue weighted by atomic mass is 35.5. The Balaban J connectivity index is 2.26. The number of H-pyrrole nitrogens is 2. The Morgan fingerprint density at radius 1 is 1.09 bits per heavy atom. The van der Waals surface area contributed by atoms with Gasteiger partial charge in [0.1, 0.15) is 11.5 Å². The molecule has 7 heteroatoms. The first kappa shape index (κ1) is 13.8. The van der Waals surface area contributed by atoms with Crippen LogP contribution in [-0.2, 0) is 0 Å². The Bertz CT molecular complexity index is 1130. The summed E-state index contributed by atoms with van der Waals surface area (Å²) in [6.45, 7) is 0. The summed E-state index contributed by atoms with van der Waals surface area (Å²) in [6.07, 6.45) is 1.50. The van der Waals surface area contributed by atoms with Crippen molar-refractivity contribution in [2.75, 3.05) is 5.73 Å². The fourth-order valence-electron chi connectivity index (χ4n) is 2.79. The van der Waals surface area contributed by atoms with Crippen molar-refractivity contribution in [3.05, 3.63) is 57.7 Å². The molecular formula is C16H10ClFN4O. The Morgan fingerprint density at radius 3 is 2.70 bits per heavy atom. The molecule has 4 rings (SSSR count). The lowest BCUT2D eigenvalue weighted by atomic mass is 9.96. The van der Waals surface area contributed by atoms with Crippen LogP contribution in [0, 0.1) is 5.82 Å². The maximum absolute atomic E-state index is 14.6. The summed E-state index contributed by atoms with van der Waals surface area (Å²) in [4.78, 5) is 14.8. The number of nitrogens with two attached hydrogens (primary N) is 1. The van der Waals surface area contributed by atoms with Gasteiger partial charge in [-0.2, -0.15) is 5.10 Å². The SMILES string of the molecule is Nc1c(-c2c(F)ccc3[nH]ncc23)c2cc(Cl)ccc2[nH]c1=O. The summed E-state index contributed by atoms with van der Waals surface area (Å²) in [6, 6.07) is 7.85. The minimum Gasteiger partial charge on any atom is -0.394 e. The molecule has 0 spiro atoms. The second kappa shape index (κ2) is 4.82. The van der Waals surface area contributed by atoms with Crippen molar-refractivity contribution in [1.29, 1.82) is 0 Å². The van der Waals surface area contributed by atoms with Gasteiger partial charge in [-0.05, 0) is 30.3 Å². The van der Waals surface area contributed by atoms with E-state index in [0.717, 1.165) is 0 Å². The molecular weight excluding hydrogens is 319 g/mol. The van der Waals surface area contributed by atoms with Crippen LogP contribution in [0.5, 0.6) is 0 Å². The monoisotopic (exact) mass is 328 g/mol. The molecule has 114 valence electrons. The number of anilines is 1. The van der Waals surface area contributed by atoms with Crippen LogP contribution in [-0.4, -0.2) is 15.2 Å². The van der Waals surface area contributed by atoms with Crippen molar-refractivity contribution in [2.45, 2.75) is 0 Å². The van der Waals surface area contributed by atoms with Gasteiger partial charge in [0.15, 0.2) is 0 Å². The van der Waals surface area contributed by atoms with Gasteiger partial charge in [-0.3, -0.25) is 9.89 Å². The third kappa shape index (κ3) is 1.99. The fraction of sp³-hybridized carbons (Fsp3) is 0. The minimum atomic E-state index is -0.488. The molecule has 5 nitrogen and oxygen atoms in total. The predicted octanol–water partition coefficient (Wildman–Crippen LogP) is 3.45. The molecule has 2 aromatic carbocycles. The van der Waals surface area contributed by atoms with Gasteiger partial charge in [0.2, 0.25) is 0 Å². The summed E-state index contributed by atoms with van der Waals surface area (Å²) >= 11 is 6.06. The average molecular weight is 329 g/mol. The molecule has 0 aliphatic rings. The Hall–Kier alpha value is -2.86. The number of rotatable bonds is 1. The number of nitrogens with one attached hydrogen (secondary N) is 2. The summed E-state index contributed by atoms with van der Waals surface area (Å²) < 4.78 is 14.6. The Morgan fingerprint density at radius 2 is 1.87 bits per heavy atom. The second-order valence-corrected chi connectivity index (χ2v) is 5.62.